The number of amides is 2. The van der Waals surface area contributed by atoms with Gasteiger partial charge in [-0.2, -0.15) is 5.10 Å². The molecule has 0 bridgehead atoms. The molecule has 23 heavy (non-hydrogen) atoms. The van der Waals surface area contributed by atoms with Crippen LogP contribution >= 0.6 is 0 Å². The molecule has 122 valence electrons. The summed E-state index contributed by atoms with van der Waals surface area (Å²) in [6.07, 6.45) is 3.69. The molecule has 1 N–H and O–H groups in total. The van der Waals surface area contributed by atoms with Crippen molar-refractivity contribution >= 4 is 6.03 Å². The lowest BCUT2D eigenvalue weighted by Gasteiger charge is -2.40. The van der Waals surface area contributed by atoms with Crippen LogP contribution in [0.3, 0.4) is 0 Å². The highest BCUT2D eigenvalue weighted by atomic mass is 16.2. The third-order valence-electron chi connectivity index (χ3n) is 4.23. The first-order chi connectivity index (χ1) is 11.1. The lowest BCUT2D eigenvalue weighted by atomic mass is 10.0. The molecule has 0 radical (unpaired) electrons. The molecule has 2 heterocycles. The Kier molecular flexibility index (Phi) is 4.62. The first-order valence-electron chi connectivity index (χ1n) is 7.89. The van der Waals surface area contributed by atoms with Gasteiger partial charge in [-0.05, 0) is 12.6 Å². The molecule has 1 aliphatic heterocycles. The first-order valence-corrected chi connectivity index (χ1v) is 7.89. The fraction of sp³-hybridized carbons (Fsp3) is 0.412. The zero-order chi connectivity index (χ0) is 16.2. The van der Waals surface area contributed by atoms with Crippen LogP contribution in [0, 0.1) is 0 Å². The minimum absolute atomic E-state index is 0.0178. The Bertz CT molecular complexity index is 654. The molecule has 1 aromatic carbocycles. The highest BCUT2D eigenvalue weighted by molar-refractivity contribution is 5.75. The molecular weight excluding hydrogens is 290 g/mol. The van der Waals surface area contributed by atoms with Crippen molar-refractivity contribution in [3.05, 3.63) is 53.9 Å². The summed E-state index contributed by atoms with van der Waals surface area (Å²) in [6.45, 7) is 2.98. The van der Waals surface area contributed by atoms with Gasteiger partial charge in [0, 0.05) is 45.0 Å². The van der Waals surface area contributed by atoms with Crippen molar-refractivity contribution in [1.29, 1.82) is 0 Å². The molecule has 2 aromatic rings. The number of likely N-dealkylation sites (N-methyl/N-ethyl adjacent to an activating group) is 1. The molecule has 1 atom stereocenters. The molecule has 3 rings (SSSR count). The van der Waals surface area contributed by atoms with Gasteiger partial charge in [-0.25, -0.2) is 4.79 Å². The van der Waals surface area contributed by atoms with Crippen molar-refractivity contribution in [3.63, 3.8) is 0 Å². The molecule has 0 aliphatic carbocycles. The van der Waals surface area contributed by atoms with E-state index in [1.807, 2.05) is 36.3 Å². The number of carbonyl (C=O) groups is 1. The summed E-state index contributed by atoms with van der Waals surface area (Å²) in [5, 5.41) is 7.14. The third-order valence-corrected chi connectivity index (χ3v) is 4.23. The third kappa shape index (κ3) is 3.71. The predicted molar refractivity (Wildman–Crippen MR) is 88.8 cm³/mol. The maximum atomic E-state index is 12.6. The Balaban J connectivity index is 1.69. The number of aryl methyl sites for hydroxylation is 1. The molecule has 1 saturated heterocycles. The van der Waals surface area contributed by atoms with Crippen LogP contribution in [0.25, 0.3) is 0 Å². The lowest BCUT2D eigenvalue weighted by Crippen LogP contribution is -2.52. The van der Waals surface area contributed by atoms with Crippen molar-refractivity contribution in [1.82, 2.24) is 24.9 Å². The van der Waals surface area contributed by atoms with E-state index in [1.54, 1.807) is 10.9 Å². The maximum Gasteiger partial charge on any atom is 0.318 e. The van der Waals surface area contributed by atoms with Crippen LogP contribution in [0.5, 0.6) is 0 Å². The Labute approximate surface area is 136 Å². The van der Waals surface area contributed by atoms with Crippen molar-refractivity contribution in [2.24, 2.45) is 7.05 Å². The minimum atomic E-state index is -0.0178. The number of piperazine rings is 1. The van der Waals surface area contributed by atoms with Gasteiger partial charge in [-0.1, -0.05) is 30.3 Å². The average molecular weight is 313 g/mol. The van der Waals surface area contributed by atoms with E-state index in [-0.39, 0.29) is 12.1 Å². The number of hydrogen-bond donors (Lipinski definition) is 1. The van der Waals surface area contributed by atoms with Gasteiger partial charge in [-0.3, -0.25) is 4.68 Å². The minimum Gasteiger partial charge on any atom is -0.334 e. The van der Waals surface area contributed by atoms with E-state index < -0.39 is 0 Å². The SMILES string of the molecule is CN1CCN(C(=O)NCc2cnn(C)c2)C(c2ccccc2)C1. The Hall–Kier alpha value is -2.34. The van der Waals surface area contributed by atoms with Crippen molar-refractivity contribution < 1.29 is 4.79 Å². The standard InChI is InChI=1S/C17H23N5O/c1-20-8-9-22(16(13-20)15-6-4-3-5-7-15)17(23)18-10-14-11-19-21(2)12-14/h3-7,11-12,16H,8-10,13H2,1-2H3,(H,18,23). The van der Waals surface area contributed by atoms with Gasteiger partial charge in [0.1, 0.15) is 0 Å². The van der Waals surface area contributed by atoms with E-state index in [1.165, 1.54) is 5.56 Å². The number of benzene rings is 1. The molecule has 1 aliphatic rings. The summed E-state index contributed by atoms with van der Waals surface area (Å²) in [5.41, 5.74) is 2.18. The quantitative estimate of drug-likeness (QED) is 0.937. The number of rotatable bonds is 3. The molecule has 1 unspecified atom stereocenters. The highest BCUT2D eigenvalue weighted by Crippen LogP contribution is 2.24. The van der Waals surface area contributed by atoms with Crippen LogP contribution in [0.1, 0.15) is 17.2 Å². The molecule has 0 spiro atoms. The molecule has 6 heteroatoms. The monoisotopic (exact) mass is 313 g/mol. The molecule has 1 aromatic heterocycles. The number of hydrogen-bond acceptors (Lipinski definition) is 3. The molecule has 2 amide bonds. The van der Waals surface area contributed by atoms with Gasteiger partial charge in [0.25, 0.3) is 0 Å². The molecule has 0 saturated carbocycles. The fourth-order valence-electron chi connectivity index (χ4n) is 2.97. The van der Waals surface area contributed by atoms with Crippen LogP contribution in [-0.4, -0.2) is 52.3 Å². The second kappa shape index (κ2) is 6.83. The van der Waals surface area contributed by atoms with Crippen molar-refractivity contribution in [2.45, 2.75) is 12.6 Å². The Morgan fingerprint density at radius 2 is 2.04 bits per heavy atom. The average Bonchev–Trinajstić information content (AvgIpc) is 2.99. The second-order valence-corrected chi connectivity index (χ2v) is 6.06. The van der Waals surface area contributed by atoms with Crippen molar-refractivity contribution in [3.8, 4) is 0 Å². The summed E-state index contributed by atoms with van der Waals surface area (Å²) < 4.78 is 1.74. The van der Waals surface area contributed by atoms with Crippen LogP contribution in [0.15, 0.2) is 42.7 Å². The predicted octanol–water partition coefficient (Wildman–Crippen LogP) is 1.62. The Morgan fingerprint density at radius 3 is 2.74 bits per heavy atom. The van der Waals surface area contributed by atoms with Gasteiger partial charge in [0.2, 0.25) is 0 Å². The summed E-state index contributed by atoms with van der Waals surface area (Å²) in [6, 6.07) is 10.3. The van der Waals surface area contributed by atoms with E-state index >= 15 is 0 Å². The summed E-state index contributed by atoms with van der Waals surface area (Å²) in [7, 11) is 3.97. The topological polar surface area (TPSA) is 53.4 Å². The highest BCUT2D eigenvalue weighted by Gasteiger charge is 2.29. The summed E-state index contributed by atoms with van der Waals surface area (Å²) in [5.74, 6) is 0. The van der Waals surface area contributed by atoms with Gasteiger partial charge in [-0.15, -0.1) is 0 Å². The van der Waals surface area contributed by atoms with E-state index in [9.17, 15) is 4.79 Å². The van der Waals surface area contributed by atoms with Crippen LogP contribution in [0.2, 0.25) is 0 Å². The summed E-state index contributed by atoms with van der Waals surface area (Å²) >= 11 is 0. The van der Waals surface area contributed by atoms with Crippen LogP contribution in [0.4, 0.5) is 4.79 Å². The number of urea groups is 1. The number of nitrogens with one attached hydrogen (secondary N) is 1. The number of carbonyl (C=O) groups excluding carboxylic acids is 1. The number of nitrogens with zero attached hydrogens (tertiary/aromatic N) is 4. The second-order valence-electron chi connectivity index (χ2n) is 6.06. The van der Waals surface area contributed by atoms with E-state index in [2.05, 4.69) is 34.5 Å². The lowest BCUT2D eigenvalue weighted by molar-refractivity contribution is 0.108. The molecular formula is C17H23N5O. The van der Waals surface area contributed by atoms with Crippen LogP contribution in [-0.2, 0) is 13.6 Å². The fourth-order valence-corrected chi connectivity index (χ4v) is 2.97. The Morgan fingerprint density at radius 1 is 1.26 bits per heavy atom. The maximum absolute atomic E-state index is 12.6. The van der Waals surface area contributed by atoms with Gasteiger partial charge in [0.05, 0.1) is 12.2 Å². The zero-order valence-corrected chi connectivity index (χ0v) is 13.6. The smallest absolute Gasteiger partial charge is 0.318 e. The zero-order valence-electron chi connectivity index (χ0n) is 13.6. The summed E-state index contributed by atoms with van der Waals surface area (Å²) in [4.78, 5) is 16.8. The van der Waals surface area contributed by atoms with Crippen molar-refractivity contribution in [2.75, 3.05) is 26.7 Å². The van der Waals surface area contributed by atoms with Gasteiger partial charge in [0.15, 0.2) is 0 Å². The van der Waals surface area contributed by atoms with E-state index in [0.29, 0.717) is 6.54 Å². The number of aromatic nitrogens is 2. The van der Waals surface area contributed by atoms with Crippen LogP contribution < -0.4 is 5.32 Å². The first kappa shape index (κ1) is 15.6. The van der Waals surface area contributed by atoms with Gasteiger partial charge >= 0.3 is 6.03 Å². The normalized spacial score (nSPS) is 18.9. The van der Waals surface area contributed by atoms with Gasteiger partial charge < -0.3 is 15.1 Å². The van der Waals surface area contributed by atoms with E-state index in [0.717, 1.165) is 25.2 Å². The molecule has 1 fully saturated rings. The molecule has 6 nitrogen and oxygen atoms in total. The van der Waals surface area contributed by atoms with E-state index in [4.69, 9.17) is 0 Å². The largest absolute Gasteiger partial charge is 0.334 e.